The van der Waals surface area contributed by atoms with Gasteiger partial charge in [-0.15, -0.1) is 0 Å². The van der Waals surface area contributed by atoms with Gasteiger partial charge in [-0.25, -0.2) is 0 Å². The first-order valence-electron chi connectivity index (χ1n) is 10.0. The van der Waals surface area contributed by atoms with Gasteiger partial charge in [0.2, 0.25) is 0 Å². The first-order valence-corrected chi connectivity index (χ1v) is 10.0. The molecule has 0 aliphatic rings. The molecule has 0 aromatic heterocycles. The zero-order chi connectivity index (χ0) is 15.6. The second-order valence-electron chi connectivity index (χ2n) is 7.07. The van der Waals surface area contributed by atoms with Crippen molar-refractivity contribution in [3.63, 3.8) is 0 Å². The van der Waals surface area contributed by atoms with Crippen LogP contribution in [-0.4, -0.2) is 7.85 Å². The van der Waals surface area contributed by atoms with E-state index in [-0.39, 0.29) is 0 Å². The Labute approximate surface area is 137 Å². The third-order valence-corrected chi connectivity index (χ3v) is 4.70. The summed E-state index contributed by atoms with van der Waals surface area (Å²) in [4.78, 5) is 0. The zero-order valence-electron chi connectivity index (χ0n) is 15.2. The lowest BCUT2D eigenvalue weighted by atomic mass is 9.95. The Kier molecular flexibility index (Phi) is 18.2. The largest absolute Gasteiger partial charge is 0.0887 e. The maximum absolute atomic E-state index is 5.51. The molecule has 0 aliphatic heterocycles. The van der Waals surface area contributed by atoms with Crippen LogP contribution in [0, 0.1) is 5.92 Å². The molecule has 1 unspecified atom stereocenters. The van der Waals surface area contributed by atoms with Gasteiger partial charge in [0.1, 0.15) is 0 Å². The molecule has 0 aromatic carbocycles. The van der Waals surface area contributed by atoms with Gasteiger partial charge >= 0.3 is 0 Å². The molecule has 0 saturated heterocycles. The summed E-state index contributed by atoms with van der Waals surface area (Å²) in [5.41, 5.74) is 0. The van der Waals surface area contributed by atoms with E-state index in [2.05, 4.69) is 13.8 Å². The van der Waals surface area contributed by atoms with Gasteiger partial charge in [-0.1, -0.05) is 123 Å². The third kappa shape index (κ3) is 18.0. The molecular weight excluding hydrogens is 251 g/mol. The van der Waals surface area contributed by atoms with Crippen LogP contribution in [0.4, 0.5) is 0 Å². The van der Waals surface area contributed by atoms with Crippen LogP contribution in [0.5, 0.6) is 0 Å². The van der Waals surface area contributed by atoms with Crippen LogP contribution in [0.25, 0.3) is 0 Å². The van der Waals surface area contributed by atoms with Crippen LogP contribution in [0.2, 0.25) is 6.32 Å². The van der Waals surface area contributed by atoms with Crippen molar-refractivity contribution in [2.75, 3.05) is 0 Å². The van der Waals surface area contributed by atoms with E-state index in [4.69, 9.17) is 7.85 Å². The molecule has 0 saturated carbocycles. The average molecular weight is 292 g/mol. The van der Waals surface area contributed by atoms with Crippen molar-refractivity contribution in [2.45, 2.75) is 123 Å². The smallest absolute Gasteiger partial charge is 0.0653 e. The second-order valence-corrected chi connectivity index (χ2v) is 7.07. The number of unbranched alkanes of at least 4 members (excludes halogenated alkanes) is 12. The SMILES string of the molecule is [B]CCCCCCCCC(C)CCCCCCCCCC. The van der Waals surface area contributed by atoms with Crippen molar-refractivity contribution in [1.29, 1.82) is 0 Å². The van der Waals surface area contributed by atoms with Gasteiger partial charge in [0, 0.05) is 0 Å². The lowest BCUT2D eigenvalue weighted by Gasteiger charge is -2.11. The standard InChI is InChI=1S/C20H41B/c1-3-4-5-6-7-8-11-14-17-20(2)18-15-12-9-10-13-16-19-21/h20H,3-19H2,1-2H3. The van der Waals surface area contributed by atoms with Crippen LogP contribution in [0.3, 0.4) is 0 Å². The highest BCUT2D eigenvalue weighted by atomic mass is 14.1. The molecule has 0 fully saturated rings. The summed E-state index contributed by atoms with van der Waals surface area (Å²) in [6.45, 7) is 4.75. The molecule has 0 aromatic rings. The molecule has 0 rings (SSSR count). The maximum Gasteiger partial charge on any atom is 0.0653 e. The Bertz CT molecular complexity index is 179. The van der Waals surface area contributed by atoms with E-state index in [1.54, 1.807) is 0 Å². The lowest BCUT2D eigenvalue weighted by molar-refractivity contribution is 0.431. The second kappa shape index (κ2) is 18.1. The summed E-state index contributed by atoms with van der Waals surface area (Å²) >= 11 is 0. The molecule has 0 bridgehead atoms. The van der Waals surface area contributed by atoms with Gasteiger partial charge in [0.05, 0.1) is 7.85 Å². The van der Waals surface area contributed by atoms with Crippen LogP contribution in [0.1, 0.15) is 117 Å². The molecule has 0 N–H and O–H groups in total. The van der Waals surface area contributed by atoms with Crippen molar-refractivity contribution < 1.29 is 0 Å². The molecular formula is C20H41B. The van der Waals surface area contributed by atoms with Crippen LogP contribution < -0.4 is 0 Å². The Morgan fingerprint density at radius 3 is 1.38 bits per heavy atom. The van der Waals surface area contributed by atoms with Gasteiger partial charge < -0.3 is 0 Å². The van der Waals surface area contributed by atoms with Gasteiger partial charge in [0.25, 0.3) is 0 Å². The summed E-state index contributed by atoms with van der Waals surface area (Å²) in [6, 6.07) is 0. The number of rotatable bonds is 17. The normalized spacial score (nSPS) is 12.7. The average Bonchev–Trinajstić information content (AvgIpc) is 2.49. The van der Waals surface area contributed by atoms with E-state index in [0.29, 0.717) is 0 Å². The van der Waals surface area contributed by atoms with Crippen LogP contribution in [0.15, 0.2) is 0 Å². The van der Waals surface area contributed by atoms with E-state index in [9.17, 15) is 0 Å². The Hall–Kier alpha value is 0.0649. The molecule has 0 spiro atoms. The monoisotopic (exact) mass is 292 g/mol. The summed E-state index contributed by atoms with van der Waals surface area (Å²) in [6.07, 6.45) is 23.6. The summed E-state index contributed by atoms with van der Waals surface area (Å²) in [7, 11) is 5.51. The molecule has 1 heteroatoms. The Morgan fingerprint density at radius 2 is 0.952 bits per heavy atom. The highest BCUT2D eigenvalue weighted by molar-refractivity contribution is 6.08. The fourth-order valence-electron chi connectivity index (χ4n) is 3.12. The minimum Gasteiger partial charge on any atom is -0.0887 e. The molecule has 2 radical (unpaired) electrons. The summed E-state index contributed by atoms with van der Waals surface area (Å²) in [5, 5.41) is 0. The van der Waals surface area contributed by atoms with Crippen LogP contribution in [-0.2, 0) is 0 Å². The van der Waals surface area contributed by atoms with E-state index in [0.717, 1.165) is 12.2 Å². The van der Waals surface area contributed by atoms with Crippen molar-refractivity contribution in [3.8, 4) is 0 Å². The molecule has 124 valence electrons. The lowest BCUT2D eigenvalue weighted by Crippen LogP contribution is -1.95. The van der Waals surface area contributed by atoms with Crippen molar-refractivity contribution in [3.05, 3.63) is 0 Å². The van der Waals surface area contributed by atoms with Crippen LogP contribution >= 0.6 is 0 Å². The molecule has 0 heterocycles. The quantitative estimate of drug-likeness (QED) is 0.193. The van der Waals surface area contributed by atoms with Gasteiger partial charge in [-0.05, 0) is 5.92 Å². The maximum atomic E-state index is 5.51. The fraction of sp³-hybridized carbons (Fsp3) is 1.00. The third-order valence-electron chi connectivity index (χ3n) is 4.70. The molecule has 0 amide bonds. The highest BCUT2D eigenvalue weighted by Crippen LogP contribution is 2.18. The van der Waals surface area contributed by atoms with E-state index < -0.39 is 0 Å². The molecule has 21 heavy (non-hydrogen) atoms. The molecule has 1 atom stereocenters. The molecule has 0 nitrogen and oxygen atoms in total. The first kappa shape index (κ1) is 21.1. The topological polar surface area (TPSA) is 0 Å². The molecule has 0 aliphatic carbocycles. The van der Waals surface area contributed by atoms with Gasteiger partial charge in [-0.2, -0.15) is 0 Å². The minimum atomic E-state index is 0.871. The van der Waals surface area contributed by atoms with Crippen molar-refractivity contribution in [1.82, 2.24) is 0 Å². The fourth-order valence-corrected chi connectivity index (χ4v) is 3.12. The van der Waals surface area contributed by atoms with E-state index in [1.807, 2.05) is 0 Å². The number of hydrogen-bond acceptors (Lipinski definition) is 0. The predicted octanol–water partition coefficient (Wildman–Crippen LogP) is 7.47. The zero-order valence-corrected chi connectivity index (χ0v) is 15.2. The first-order chi connectivity index (χ1) is 10.3. The van der Waals surface area contributed by atoms with Crippen molar-refractivity contribution >= 4 is 7.85 Å². The minimum absolute atomic E-state index is 0.871. The highest BCUT2D eigenvalue weighted by Gasteiger charge is 2.02. The summed E-state index contributed by atoms with van der Waals surface area (Å²) < 4.78 is 0. The van der Waals surface area contributed by atoms with Gasteiger partial charge in [-0.3, -0.25) is 0 Å². The Balaban J connectivity index is 3.11. The predicted molar refractivity (Wildman–Crippen MR) is 99.3 cm³/mol. The Morgan fingerprint density at radius 1 is 0.571 bits per heavy atom. The van der Waals surface area contributed by atoms with E-state index in [1.165, 1.54) is 103 Å². The van der Waals surface area contributed by atoms with E-state index >= 15 is 0 Å². The van der Waals surface area contributed by atoms with Gasteiger partial charge in [0.15, 0.2) is 0 Å². The number of hydrogen-bond donors (Lipinski definition) is 0. The van der Waals surface area contributed by atoms with Crippen molar-refractivity contribution in [2.24, 2.45) is 5.92 Å². The summed E-state index contributed by atoms with van der Waals surface area (Å²) in [5.74, 6) is 0.953.